The minimum absolute atomic E-state index is 0.360. The smallest absolute Gasteiger partial charge is 0.405 e. The first-order valence-corrected chi connectivity index (χ1v) is 26.5. The highest BCUT2D eigenvalue weighted by Gasteiger charge is 2.64. The number of hydrogen-bond donors (Lipinski definition) is 0. The molecule has 5 aliphatic rings. The Hall–Kier alpha value is -6.29. The largest absolute Gasteiger partial charge is 0.494 e. The Kier molecular flexibility index (Phi) is 12.7. The SMILES string of the molecule is CC1(C)OB(B2OC(C)(C)C(C)(C)O2)OC1(C)C.CC1(C)OB(c2ccc3c(c2)-c2ccccc2-c2ccccc2-c2ccccc2-3)OC1(C)C.c1ccc2c(c1)-c1ccccc1-c1ccccc1-c1ccccc1-2. The molecule has 75 heavy (non-hydrogen) atoms. The number of hydrogen-bond acceptors (Lipinski definition) is 6. The molecule has 6 nitrogen and oxygen atoms in total. The molecule has 8 aromatic rings. The summed E-state index contributed by atoms with van der Waals surface area (Å²) in [4.78, 5) is 0. The molecule has 3 fully saturated rings. The number of benzene rings is 8. The van der Waals surface area contributed by atoms with E-state index in [1.54, 1.807) is 0 Å². The van der Waals surface area contributed by atoms with Gasteiger partial charge in [-0.25, -0.2) is 0 Å². The first-order valence-electron chi connectivity index (χ1n) is 26.5. The molecule has 0 aromatic heterocycles. The van der Waals surface area contributed by atoms with Crippen molar-refractivity contribution in [1.82, 2.24) is 0 Å². The van der Waals surface area contributed by atoms with Gasteiger partial charge in [-0.1, -0.05) is 188 Å². The first kappa shape index (κ1) is 50.9. The topological polar surface area (TPSA) is 55.4 Å². The Labute approximate surface area is 446 Å². The van der Waals surface area contributed by atoms with Gasteiger partial charge in [-0.05, 0) is 178 Å². The van der Waals surface area contributed by atoms with Crippen LogP contribution in [0.2, 0.25) is 0 Å². The quantitative estimate of drug-likeness (QED) is 0.161. The van der Waals surface area contributed by atoms with Crippen LogP contribution in [0.4, 0.5) is 0 Å². The third-order valence-corrected chi connectivity index (χ3v) is 17.1. The summed E-state index contributed by atoms with van der Waals surface area (Å²) >= 11 is 0. The van der Waals surface area contributed by atoms with Crippen molar-refractivity contribution in [2.24, 2.45) is 0 Å². The average Bonchev–Trinajstić information content (AvgIpc) is 3.90. The molecule has 0 amide bonds. The fraction of sp³-hybridized carbons (Fsp3) is 0.273. The minimum atomic E-state index is -0.476. The van der Waals surface area contributed by atoms with E-state index in [0.29, 0.717) is 0 Å². The second-order valence-corrected chi connectivity index (χ2v) is 23.5. The maximum absolute atomic E-state index is 6.39. The van der Waals surface area contributed by atoms with Gasteiger partial charge in [0.1, 0.15) is 0 Å². The molecule has 0 radical (unpaired) electrons. The van der Waals surface area contributed by atoms with Gasteiger partial charge in [-0.15, -0.1) is 0 Å². The van der Waals surface area contributed by atoms with Gasteiger partial charge in [0.05, 0.1) is 33.6 Å². The summed E-state index contributed by atoms with van der Waals surface area (Å²) in [6.45, 7) is 24.6. The summed E-state index contributed by atoms with van der Waals surface area (Å²) < 4.78 is 36.6. The molecule has 0 saturated carbocycles. The van der Waals surface area contributed by atoms with Crippen molar-refractivity contribution in [2.75, 3.05) is 0 Å². The van der Waals surface area contributed by atoms with Crippen LogP contribution < -0.4 is 5.46 Å². The molecule has 2 aliphatic carbocycles. The normalized spacial score (nSPS) is 18.9. The van der Waals surface area contributed by atoms with E-state index in [0.717, 1.165) is 5.46 Å². The lowest BCUT2D eigenvalue weighted by atomic mass is 9.49. The highest BCUT2D eigenvalue weighted by atomic mass is 16.7. The van der Waals surface area contributed by atoms with Gasteiger partial charge < -0.3 is 27.9 Å². The van der Waals surface area contributed by atoms with E-state index in [9.17, 15) is 0 Å². The van der Waals surface area contributed by atoms with Gasteiger partial charge in [-0.3, -0.25) is 0 Å². The van der Waals surface area contributed by atoms with Crippen molar-refractivity contribution in [3.63, 3.8) is 0 Å². The van der Waals surface area contributed by atoms with Crippen LogP contribution in [0.15, 0.2) is 188 Å². The predicted octanol–water partition coefficient (Wildman–Crippen LogP) is 15.9. The monoisotopic (exact) mass is 989 g/mol. The summed E-state index contributed by atoms with van der Waals surface area (Å²) in [5, 5.41) is 0. The van der Waals surface area contributed by atoms with Gasteiger partial charge in [0.15, 0.2) is 0 Å². The van der Waals surface area contributed by atoms with Gasteiger partial charge >= 0.3 is 21.1 Å². The molecule has 0 unspecified atom stereocenters. The van der Waals surface area contributed by atoms with Crippen LogP contribution in [0.3, 0.4) is 0 Å². The maximum Gasteiger partial charge on any atom is 0.494 e. The number of rotatable bonds is 2. The maximum atomic E-state index is 6.39. The molecule has 0 atom stereocenters. The second-order valence-electron chi connectivity index (χ2n) is 23.5. The molecule has 0 N–H and O–H groups in total. The van der Waals surface area contributed by atoms with E-state index in [2.05, 4.69) is 216 Å². The third kappa shape index (κ3) is 8.95. The summed E-state index contributed by atoms with van der Waals surface area (Å²) in [6.07, 6.45) is 0. The van der Waals surface area contributed by atoms with Crippen molar-refractivity contribution in [2.45, 2.75) is 117 Å². The Bertz CT molecular complexity index is 3090. The van der Waals surface area contributed by atoms with Gasteiger partial charge in [0.2, 0.25) is 0 Å². The molecule has 376 valence electrons. The Balaban J connectivity index is 0.000000127. The van der Waals surface area contributed by atoms with E-state index in [1.165, 1.54) is 89.0 Å². The van der Waals surface area contributed by atoms with E-state index in [4.69, 9.17) is 27.9 Å². The predicted molar refractivity (Wildman–Crippen MR) is 311 cm³/mol. The van der Waals surface area contributed by atoms with Crippen LogP contribution in [0.5, 0.6) is 0 Å². The van der Waals surface area contributed by atoms with Crippen LogP contribution in [-0.4, -0.2) is 54.7 Å². The van der Waals surface area contributed by atoms with Crippen molar-refractivity contribution in [1.29, 1.82) is 0 Å². The van der Waals surface area contributed by atoms with Crippen molar-refractivity contribution in [3.8, 4) is 89.0 Å². The molecule has 3 saturated heterocycles. The van der Waals surface area contributed by atoms with Crippen molar-refractivity contribution in [3.05, 3.63) is 188 Å². The van der Waals surface area contributed by atoms with Crippen LogP contribution >= 0.6 is 0 Å². The third-order valence-electron chi connectivity index (χ3n) is 17.1. The molecule has 3 heterocycles. The summed E-state index contributed by atoms with van der Waals surface area (Å²) in [7, 11) is -1.34. The Morgan fingerprint density at radius 1 is 0.213 bits per heavy atom. The highest BCUT2D eigenvalue weighted by molar-refractivity contribution is 7.11. The zero-order chi connectivity index (χ0) is 52.7. The zero-order valence-electron chi connectivity index (χ0n) is 45.6. The van der Waals surface area contributed by atoms with Crippen LogP contribution in [0.1, 0.15) is 83.1 Å². The Morgan fingerprint density at radius 2 is 0.387 bits per heavy atom. The van der Waals surface area contributed by atoms with Crippen LogP contribution in [-0.2, 0) is 27.9 Å². The van der Waals surface area contributed by atoms with Crippen molar-refractivity contribution < 1.29 is 27.9 Å². The molecule has 3 aliphatic heterocycles. The summed E-state index contributed by atoms with van der Waals surface area (Å²) in [6, 6.07) is 67.7. The standard InChI is InChI=1S/C30H27BO2.C24H16.C12H24B2O4/c1-29(2)30(3,4)33-31(32-29)20-17-18-27-25-15-8-7-13-23(25)21-11-5-6-12-22(21)24-14-9-10-16-26(24)28(27)19-20;1-2-10-18-17(9-1)19-11-3-4-13-21(19)23-15-7-8-16-24(23)22-14-6-5-12-20(18)22;1-9(2)10(3,4)16-13(15-9)14-17-11(5,6)12(7,8)18-14/h5-19H,1-4H3;1-16H;1-8H3. The van der Waals surface area contributed by atoms with E-state index < -0.39 is 14.0 Å². The average molecular weight is 989 g/mol. The fourth-order valence-corrected chi connectivity index (χ4v) is 10.8. The van der Waals surface area contributed by atoms with Gasteiger partial charge in [0, 0.05) is 0 Å². The lowest BCUT2D eigenvalue weighted by molar-refractivity contribution is 0.00578. The first-order chi connectivity index (χ1) is 35.7. The van der Waals surface area contributed by atoms with Crippen LogP contribution in [0, 0.1) is 0 Å². The van der Waals surface area contributed by atoms with Crippen LogP contribution in [0.25, 0.3) is 89.0 Å². The molecule has 9 heteroatoms. The minimum Gasteiger partial charge on any atom is -0.405 e. The summed E-state index contributed by atoms with van der Waals surface area (Å²) in [5.41, 5.74) is 19.2. The highest BCUT2D eigenvalue weighted by Crippen LogP contribution is 2.50. The molecular formula is C66H67B3O6. The summed E-state index contributed by atoms with van der Waals surface area (Å²) in [5.74, 6) is 0. The molecule has 0 spiro atoms. The van der Waals surface area contributed by atoms with E-state index >= 15 is 0 Å². The molecular weight excluding hydrogens is 921 g/mol. The molecule has 13 rings (SSSR count). The fourth-order valence-electron chi connectivity index (χ4n) is 10.8. The van der Waals surface area contributed by atoms with Crippen molar-refractivity contribution >= 4 is 26.6 Å². The lowest BCUT2D eigenvalue weighted by Crippen LogP contribution is -2.41. The van der Waals surface area contributed by atoms with Gasteiger partial charge in [-0.2, -0.15) is 0 Å². The lowest BCUT2D eigenvalue weighted by Gasteiger charge is -2.32. The number of fused-ring (bicyclic) bond motifs is 16. The van der Waals surface area contributed by atoms with E-state index in [1.807, 2.05) is 55.4 Å². The Morgan fingerprint density at radius 3 is 0.600 bits per heavy atom. The zero-order valence-corrected chi connectivity index (χ0v) is 45.6. The second kappa shape index (κ2) is 18.8. The molecule has 8 aromatic carbocycles. The molecule has 0 bridgehead atoms. The van der Waals surface area contributed by atoms with Gasteiger partial charge in [0.25, 0.3) is 0 Å². The van der Waals surface area contributed by atoms with E-state index in [-0.39, 0.29) is 40.7 Å².